The highest BCUT2D eigenvalue weighted by molar-refractivity contribution is 6.31. The van der Waals surface area contributed by atoms with Gasteiger partial charge in [0.15, 0.2) is 0 Å². The van der Waals surface area contributed by atoms with E-state index in [1.54, 1.807) is 25.3 Å². The lowest BCUT2D eigenvalue weighted by Gasteiger charge is -2.37. The topological polar surface area (TPSA) is 32.8 Å². The van der Waals surface area contributed by atoms with E-state index in [4.69, 9.17) is 16.3 Å². The number of hydrogen-bond acceptors (Lipinski definition) is 3. The maximum absolute atomic E-state index is 13.1. The van der Waals surface area contributed by atoms with Crippen molar-refractivity contribution in [3.05, 3.63) is 58.1 Å². The van der Waals surface area contributed by atoms with Gasteiger partial charge < -0.3 is 14.5 Å². The standard InChI is InChI=1S/C26H35ClN2O2/c1-25(2,3)18-14-19(26(4,5)6)16-21(15-18)28-10-12-29(13-11-28)24(30)22-17-20(27)8-9-23(22)31-7/h8-9,14-17H,10-13H2,1-7H3. The molecule has 4 nitrogen and oxygen atoms in total. The normalized spacial score (nSPS) is 15.2. The van der Waals surface area contributed by atoms with Crippen molar-refractivity contribution in [3.63, 3.8) is 0 Å². The molecule has 1 saturated heterocycles. The van der Waals surface area contributed by atoms with Gasteiger partial charge in [0, 0.05) is 36.9 Å². The molecule has 0 radical (unpaired) electrons. The lowest BCUT2D eigenvalue weighted by atomic mass is 9.80. The van der Waals surface area contributed by atoms with Crippen molar-refractivity contribution >= 4 is 23.2 Å². The molecule has 31 heavy (non-hydrogen) atoms. The maximum Gasteiger partial charge on any atom is 0.257 e. The van der Waals surface area contributed by atoms with Crippen molar-refractivity contribution in [2.24, 2.45) is 0 Å². The summed E-state index contributed by atoms with van der Waals surface area (Å²) in [6, 6.07) is 12.1. The third kappa shape index (κ3) is 5.35. The zero-order valence-electron chi connectivity index (χ0n) is 19.9. The number of rotatable bonds is 3. The average Bonchev–Trinajstić information content (AvgIpc) is 2.71. The molecule has 2 aromatic rings. The number of methoxy groups -OCH3 is 1. The molecule has 0 saturated carbocycles. The molecule has 168 valence electrons. The lowest BCUT2D eigenvalue weighted by Crippen LogP contribution is -2.49. The van der Waals surface area contributed by atoms with Crippen LogP contribution in [0, 0.1) is 0 Å². The van der Waals surface area contributed by atoms with E-state index in [0.717, 1.165) is 13.1 Å². The maximum atomic E-state index is 13.1. The molecule has 2 aromatic carbocycles. The van der Waals surface area contributed by atoms with Crippen LogP contribution in [0.5, 0.6) is 5.75 Å². The van der Waals surface area contributed by atoms with Crippen molar-refractivity contribution in [1.29, 1.82) is 0 Å². The SMILES string of the molecule is COc1ccc(Cl)cc1C(=O)N1CCN(c2cc(C(C)(C)C)cc(C(C)(C)C)c2)CC1. The second-order valence-corrected chi connectivity index (χ2v) is 10.8. The van der Waals surface area contributed by atoms with Crippen LogP contribution in [-0.2, 0) is 10.8 Å². The predicted octanol–water partition coefficient (Wildman–Crippen LogP) is 5.91. The highest BCUT2D eigenvalue weighted by Gasteiger charge is 2.27. The largest absolute Gasteiger partial charge is 0.496 e. The first-order valence-electron chi connectivity index (χ1n) is 10.9. The molecule has 1 aliphatic heterocycles. The van der Waals surface area contributed by atoms with Gasteiger partial charge in [-0.25, -0.2) is 0 Å². The van der Waals surface area contributed by atoms with Crippen molar-refractivity contribution in [3.8, 4) is 5.75 Å². The fraction of sp³-hybridized carbons (Fsp3) is 0.500. The molecule has 3 rings (SSSR count). The molecule has 0 atom stereocenters. The molecular weight excluding hydrogens is 408 g/mol. The van der Waals surface area contributed by atoms with E-state index >= 15 is 0 Å². The summed E-state index contributed by atoms with van der Waals surface area (Å²) >= 11 is 6.13. The molecule has 5 heteroatoms. The molecule has 1 amide bonds. The molecule has 1 fully saturated rings. The molecule has 1 heterocycles. The summed E-state index contributed by atoms with van der Waals surface area (Å²) in [5, 5.41) is 0.538. The summed E-state index contributed by atoms with van der Waals surface area (Å²) in [6.07, 6.45) is 0. The summed E-state index contributed by atoms with van der Waals surface area (Å²) in [5.41, 5.74) is 4.61. The Bertz CT molecular complexity index is 917. The number of anilines is 1. The molecule has 0 unspecified atom stereocenters. The minimum atomic E-state index is -0.0298. The van der Waals surface area contributed by atoms with E-state index in [2.05, 4.69) is 64.6 Å². The summed E-state index contributed by atoms with van der Waals surface area (Å²) in [4.78, 5) is 17.4. The summed E-state index contributed by atoms with van der Waals surface area (Å²) in [6.45, 7) is 16.5. The zero-order valence-corrected chi connectivity index (χ0v) is 20.6. The number of carbonyl (C=O) groups excluding carboxylic acids is 1. The Hall–Kier alpha value is -2.20. The third-order valence-electron chi connectivity index (χ3n) is 5.97. The van der Waals surface area contributed by atoms with E-state index in [0.29, 0.717) is 29.4 Å². The van der Waals surface area contributed by atoms with Gasteiger partial charge in [0.05, 0.1) is 12.7 Å². The van der Waals surface area contributed by atoms with Gasteiger partial charge in [0.1, 0.15) is 5.75 Å². The summed E-state index contributed by atoms with van der Waals surface area (Å²) in [5.74, 6) is 0.530. The van der Waals surface area contributed by atoms with Crippen LogP contribution < -0.4 is 9.64 Å². The van der Waals surface area contributed by atoms with E-state index in [9.17, 15) is 4.79 Å². The van der Waals surface area contributed by atoms with Crippen LogP contribution in [0.15, 0.2) is 36.4 Å². The molecule has 0 aliphatic carbocycles. The number of carbonyl (C=O) groups is 1. The minimum Gasteiger partial charge on any atom is -0.496 e. The number of amides is 1. The van der Waals surface area contributed by atoms with Crippen molar-refractivity contribution in [1.82, 2.24) is 4.90 Å². The lowest BCUT2D eigenvalue weighted by molar-refractivity contribution is 0.0743. The molecular formula is C26H35ClN2O2. The second kappa shape index (κ2) is 8.74. The Morgan fingerprint density at radius 2 is 1.42 bits per heavy atom. The monoisotopic (exact) mass is 442 g/mol. The quantitative estimate of drug-likeness (QED) is 0.592. The van der Waals surface area contributed by atoms with Crippen LogP contribution in [0.4, 0.5) is 5.69 Å². The van der Waals surface area contributed by atoms with Crippen molar-refractivity contribution < 1.29 is 9.53 Å². The van der Waals surface area contributed by atoms with Gasteiger partial charge in [-0.1, -0.05) is 59.2 Å². The van der Waals surface area contributed by atoms with Gasteiger partial charge in [0.2, 0.25) is 0 Å². The van der Waals surface area contributed by atoms with Crippen LogP contribution in [0.25, 0.3) is 0 Å². The second-order valence-electron chi connectivity index (χ2n) is 10.4. The number of hydrogen-bond donors (Lipinski definition) is 0. The third-order valence-corrected chi connectivity index (χ3v) is 6.21. The number of benzene rings is 2. The average molecular weight is 443 g/mol. The van der Waals surface area contributed by atoms with Gasteiger partial charge in [-0.3, -0.25) is 4.79 Å². The first kappa shape index (κ1) is 23.5. The van der Waals surface area contributed by atoms with Gasteiger partial charge in [-0.05, 0) is 52.3 Å². The number of nitrogens with zero attached hydrogens (tertiary/aromatic N) is 2. The van der Waals surface area contributed by atoms with Gasteiger partial charge in [-0.15, -0.1) is 0 Å². The number of piperazine rings is 1. The summed E-state index contributed by atoms with van der Waals surface area (Å²) < 4.78 is 5.38. The van der Waals surface area contributed by atoms with E-state index in [-0.39, 0.29) is 16.7 Å². The van der Waals surface area contributed by atoms with E-state index in [1.807, 2.05) is 4.90 Å². The Labute approximate surface area is 192 Å². The predicted molar refractivity (Wildman–Crippen MR) is 130 cm³/mol. The Morgan fingerprint density at radius 3 is 1.90 bits per heavy atom. The van der Waals surface area contributed by atoms with Crippen LogP contribution in [0.3, 0.4) is 0 Å². The summed E-state index contributed by atoms with van der Waals surface area (Å²) in [7, 11) is 1.58. The Morgan fingerprint density at radius 1 is 0.871 bits per heavy atom. The van der Waals surface area contributed by atoms with Gasteiger partial charge in [-0.2, -0.15) is 0 Å². The van der Waals surface area contributed by atoms with Crippen LogP contribution in [0.2, 0.25) is 5.02 Å². The Kier molecular flexibility index (Phi) is 6.61. The molecule has 1 aliphatic rings. The zero-order chi connectivity index (χ0) is 23.0. The first-order valence-corrected chi connectivity index (χ1v) is 11.3. The smallest absolute Gasteiger partial charge is 0.257 e. The number of halogens is 1. The minimum absolute atomic E-state index is 0.0298. The van der Waals surface area contributed by atoms with Crippen LogP contribution in [0.1, 0.15) is 63.0 Å². The van der Waals surface area contributed by atoms with Gasteiger partial charge >= 0.3 is 0 Å². The van der Waals surface area contributed by atoms with Crippen molar-refractivity contribution in [2.45, 2.75) is 52.4 Å². The van der Waals surface area contributed by atoms with E-state index in [1.165, 1.54) is 16.8 Å². The Balaban J connectivity index is 1.81. The molecule has 0 aromatic heterocycles. The fourth-order valence-electron chi connectivity index (χ4n) is 3.85. The highest BCUT2D eigenvalue weighted by Crippen LogP contribution is 2.34. The first-order chi connectivity index (χ1) is 14.4. The number of ether oxygens (including phenoxy) is 1. The fourth-order valence-corrected chi connectivity index (χ4v) is 4.02. The van der Waals surface area contributed by atoms with E-state index < -0.39 is 0 Å². The van der Waals surface area contributed by atoms with Crippen LogP contribution >= 0.6 is 11.6 Å². The highest BCUT2D eigenvalue weighted by atomic mass is 35.5. The molecule has 0 N–H and O–H groups in total. The van der Waals surface area contributed by atoms with Crippen molar-refractivity contribution in [2.75, 3.05) is 38.2 Å². The van der Waals surface area contributed by atoms with Gasteiger partial charge in [0.25, 0.3) is 5.91 Å². The van der Waals surface area contributed by atoms with Crippen LogP contribution in [-0.4, -0.2) is 44.1 Å². The molecule has 0 bridgehead atoms. The molecule has 0 spiro atoms.